The van der Waals surface area contributed by atoms with Crippen LogP contribution in [-0.2, 0) is 11.2 Å². The molecule has 0 bridgehead atoms. The van der Waals surface area contributed by atoms with E-state index in [2.05, 4.69) is 5.32 Å². The zero-order chi connectivity index (χ0) is 22.7. The molecule has 2 aliphatic rings. The number of benzene rings is 2. The molecule has 172 valence electrons. The average molecular weight is 442 g/mol. The van der Waals surface area contributed by atoms with E-state index >= 15 is 0 Å². The van der Waals surface area contributed by atoms with Gasteiger partial charge in [-0.15, -0.1) is 0 Å². The second-order valence-electron chi connectivity index (χ2n) is 9.67. The first-order chi connectivity index (χ1) is 15.3. The van der Waals surface area contributed by atoms with Gasteiger partial charge >= 0.3 is 6.09 Å². The quantitative estimate of drug-likeness (QED) is 0.622. The number of fused-ring (bicyclic) bond motifs is 1. The molecule has 1 aliphatic carbocycles. The molecule has 0 aromatic heterocycles. The maximum Gasteiger partial charge on any atom is 0.407 e. The first-order valence-corrected chi connectivity index (χ1v) is 11.5. The number of hydrogen-bond donors (Lipinski definition) is 1. The molecule has 6 heteroatoms. The predicted molar refractivity (Wildman–Crippen MR) is 121 cm³/mol. The molecule has 0 radical (unpaired) electrons. The molecule has 1 N–H and O–H groups in total. The summed E-state index contributed by atoms with van der Waals surface area (Å²) in [5.41, 5.74) is 1.21. The summed E-state index contributed by atoms with van der Waals surface area (Å²) in [5, 5.41) is 2.96. The van der Waals surface area contributed by atoms with E-state index in [4.69, 9.17) is 14.2 Å². The van der Waals surface area contributed by atoms with E-state index in [-0.39, 0.29) is 30.2 Å². The Morgan fingerprint density at radius 3 is 2.53 bits per heavy atom. The number of rotatable bonds is 4. The van der Waals surface area contributed by atoms with Crippen molar-refractivity contribution in [1.29, 1.82) is 0 Å². The Hall–Kier alpha value is -2.76. The van der Waals surface area contributed by atoms with Crippen LogP contribution in [0.5, 0.6) is 11.5 Å². The highest BCUT2D eigenvalue weighted by Crippen LogP contribution is 2.38. The molecular weight excluding hydrogens is 409 g/mol. The molecule has 5 nitrogen and oxygen atoms in total. The van der Waals surface area contributed by atoms with Gasteiger partial charge in [0.25, 0.3) is 0 Å². The number of alkyl carbamates (subject to hydrolysis) is 1. The molecule has 1 aliphatic heterocycles. The van der Waals surface area contributed by atoms with Crippen molar-refractivity contribution in [1.82, 2.24) is 5.32 Å². The van der Waals surface area contributed by atoms with Gasteiger partial charge in [-0.25, -0.2) is 9.18 Å². The summed E-state index contributed by atoms with van der Waals surface area (Å²) in [6.07, 6.45) is 4.54. The molecule has 2 aromatic carbocycles. The van der Waals surface area contributed by atoms with E-state index < -0.39 is 5.60 Å². The minimum absolute atomic E-state index is 0.122. The van der Waals surface area contributed by atoms with Gasteiger partial charge in [0.1, 0.15) is 29.0 Å². The Bertz CT molecular complexity index is 947. The lowest BCUT2D eigenvalue weighted by molar-refractivity contribution is 0.0471. The van der Waals surface area contributed by atoms with Gasteiger partial charge in [0, 0.05) is 11.6 Å². The molecule has 1 saturated carbocycles. The number of hydrogen-bond acceptors (Lipinski definition) is 4. The smallest absolute Gasteiger partial charge is 0.407 e. The van der Waals surface area contributed by atoms with Gasteiger partial charge in [-0.05, 0) is 89.1 Å². The van der Waals surface area contributed by atoms with Crippen LogP contribution in [0.15, 0.2) is 42.5 Å². The van der Waals surface area contributed by atoms with Crippen LogP contribution in [0.3, 0.4) is 0 Å². The lowest BCUT2D eigenvalue weighted by Crippen LogP contribution is -2.42. The van der Waals surface area contributed by atoms with Gasteiger partial charge in [0.15, 0.2) is 0 Å². The molecule has 4 rings (SSSR count). The SMILES string of the molecule is CC(C)(C)OC(=O)NC1CCC(Oc2ccc3c(c2)CCC(c2ccccc2F)O3)CC1. The van der Waals surface area contributed by atoms with Crippen molar-refractivity contribution >= 4 is 6.09 Å². The molecule has 0 saturated heterocycles. The van der Waals surface area contributed by atoms with Crippen molar-refractivity contribution in [3.8, 4) is 11.5 Å². The fourth-order valence-electron chi connectivity index (χ4n) is 4.39. The van der Waals surface area contributed by atoms with Crippen LogP contribution in [0.4, 0.5) is 9.18 Å². The lowest BCUT2D eigenvalue weighted by atomic mass is 9.93. The largest absolute Gasteiger partial charge is 0.490 e. The van der Waals surface area contributed by atoms with Crippen LogP contribution < -0.4 is 14.8 Å². The summed E-state index contributed by atoms with van der Waals surface area (Å²) in [7, 11) is 0. The van der Waals surface area contributed by atoms with Crippen LogP contribution in [0.2, 0.25) is 0 Å². The van der Waals surface area contributed by atoms with Crippen molar-refractivity contribution in [2.24, 2.45) is 0 Å². The third-order valence-corrected chi connectivity index (χ3v) is 5.93. The van der Waals surface area contributed by atoms with Crippen molar-refractivity contribution in [2.75, 3.05) is 0 Å². The fourth-order valence-corrected chi connectivity index (χ4v) is 4.39. The zero-order valence-electron chi connectivity index (χ0n) is 19.0. The summed E-state index contributed by atoms with van der Waals surface area (Å²) in [5.74, 6) is 1.40. The van der Waals surface area contributed by atoms with Crippen LogP contribution in [0, 0.1) is 5.82 Å². The summed E-state index contributed by atoms with van der Waals surface area (Å²) in [6, 6.07) is 12.8. The van der Waals surface area contributed by atoms with Crippen LogP contribution in [0.25, 0.3) is 0 Å². The number of nitrogens with one attached hydrogen (secondary N) is 1. The van der Waals surface area contributed by atoms with E-state index in [9.17, 15) is 9.18 Å². The average Bonchev–Trinajstić information content (AvgIpc) is 2.74. The van der Waals surface area contributed by atoms with Gasteiger partial charge in [-0.1, -0.05) is 18.2 Å². The number of aryl methyl sites for hydroxylation is 1. The topological polar surface area (TPSA) is 56.8 Å². The van der Waals surface area contributed by atoms with E-state index in [0.717, 1.165) is 55.6 Å². The highest BCUT2D eigenvalue weighted by Gasteiger charge is 2.27. The van der Waals surface area contributed by atoms with Crippen LogP contribution >= 0.6 is 0 Å². The Kier molecular flexibility index (Phi) is 6.58. The van der Waals surface area contributed by atoms with Crippen molar-refractivity contribution < 1.29 is 23.4 Å². The maximum absolute atomic E-state index is 14.1. The minimum atomic E-state index is -0.490. The van der Waals surface area contributed by atoms with Gasteiger partial charge in [-0.3, -0.25) is 0 Å². The van der Waals surface area contributed by atoms with Crippen molar-refractivity contribution in [3.05, 3.63) is 59.4 Å². The van der Waals surface area contributed by atoms with Crippen molar-refractivity contribution in [3.63, 3.8) is 0 Å². The van der Waals surface area contributed by atoms with Gasteiger partial charge in [0.2, 0.25) is 0 Å². The third kappa shape index (κ3) is 5.72. The van der Waals surface area contributed by atoms with Crippen LogP contribution in [0.1, 0.15) is 70.1 Å². The van der Waals surface area contributed by atoms with E-state index in [0.29, 0.717) is 5.56 Å². The Morgan fingerprint density at radius 1 is 1.06 bits per heavy atom. The lowest BCUT2D eigenvalue weighted by Gasteiger charge is -2.31. The molecule has 1 amide bonds. The number of halogens is 1. The number of carbonyl (C=O) groups is 1. The first kappa shape index (κ1) is 22.4. The Labute approximate surface area is 189 Å². The second-order valence-corrected chi connectivity index (χ2v) is 9.67. The second kappa shape index (κ2) is 9.39. The summed E-state index contributed by atoms with van der Waals surface area (Å²) >= 11 is 0. The maximum atomic E-state index is 14.1. The standard InChI is InChI=1S/C26H32FNO4/c1-26(2,3)32-25(29)28-18-9-11-19(12-10-18)30-20-13-15-23-17(16-20)8-14-24(31-23)21-6-4-5-7-22(21)27/h4-7,13,15-16,18-19,24H,8-12,14H2,1-3H3,(H,28,29). The zero-order valence-corrected chi connectivity index (χ0v) is 19.0. The molecule has 1 heterocycles. The molecule has 0 spiro atoms. The minimum Gasteiger partial charge on any atom is -0.490 e. The first-order valence-electron chi connectivity index (χ1n) is 11.5. The summed E-state index contributed by atoms with van der Waals surface area (Å²) in [6.45, 7) is 5.59. The molecule has 1 fully saturated rings. The third-order valence-electron chi connectivity index (χ3n) is 5.93. The van der Waals surface area contributed by atoms with Crippen molar-refractivity contribution in [2.45, 2.75) is 83.1 Å². The summed E-state index contributed by atoms with van der Waals surface area (Å²) < 4.78 is 31.8. The van der Waals surface area contributed by atoms with Gasteiger partial charge in [0.05, 0.1) is 6.10 Å². The highest BCUT2D eigenvalue weighted by molar-refractivity contribution is 5.68. The van der Waals surface area contributed by atoms with Crippen LogP contribution in [-0.4, -0.2) is 23.8 Å². The monoisotopic (exact) mass is 441 g/mol. The number of ether oxygens (including phenoxy) is 3. The fraction of sp³-hybridized carbons (Fsp3) is 0.500. The van der Waals surface area contributed by atoms with E-state index in [1.54, 1.807) is 12.1 Å². The Morgan fingerprint density at radius 2 is 1.81 bits per heavy atom. The van der Waals surface area contributed by atoms with Gasteiger partial charge in [-0.2, -0.15) is 0 Å². The molecule has 1 atom stereocenters. The van der Waals surface area contributed by atoms with Gasteiger partial charge < -0.3 is 19.5 Å². The molecule has 2 aromatic rings. The molecule has 1 unspecified atom stereocenters. The normalized spacial score (nSPS) is 22.9. The molecular formula is C26H32FNO4. The van der Waals surface area contributed by atoms with E-state index in [1.807, 2.05) is 45.0 Å². The Balaban J connectivity index is 1.29. The van der Waals surface area contributed by atoms with E-state index in [1.165, 1.54) is 6.07 Å². The predicted octanol–water partition coefficient (Wildman–Crippen LogP) is 6.11. The summed E-state index contributed by atoms with van der Waals surface area (Å²) in [4.78, 5) is 12.0. The number of amides is 1. The highest BCUT2D eigenvalue weighted by atomic mass is 19.1. The molecule has 32 heavy (non-hydrogen) atoms. The number of carbonyl (C=O) groups excluding carboxylic acids is 1.